The highest BCUT2D eigenvalue weighted by Gasteiger charge is 2.29. The van der Waals surface area contributed by atoms with Gasteiger partial charge < -0.3 is 10.1 Å². The number of nitrogens with zero attached hydrogens (tertiary/aromatic N) is 3. The minimum Gasteiger partial charge on any atom is -0.483 e. The van der Waals surface area contributed by atoms with Gasteiger partial charge in [-0.05, 0) is 38.0 Å². The van der Waals surface area contributed by atoms with Crippen LogP contribution in [0.4, 0.5) is 11.6 Å². The summed E-state index contributed by atoms with van der Waals surface area (Å²) < 4.78 is 7.50. The first-order valence-electron chi connectivity index (χ1n) is 9.71. The van der Waals surface area contributed by atoms with Crippen LogP contribution in [0.5, 0.6) is 5.75 Å². The van der Waals surface area contributed by atoms with E-state index >= 15 is 0 Å². The minimum absolute atomic E-state index is 0.140. The van der Waals surface area contributed by atoms with Crippen LogP contribution in [0.3, 0.4) is 0 Å². The molecule has 1 aliphatic rings. The lowest BCUT2D eigenvalue weighted by Gasteiger charge is -2.25. The molecule has 1 aromatic heterocycles. The van der Waals surface area contributed by atoms with E-state index in [0.29, 0.717) is 11.7 Å². The summed E-state index contributed by atoms with van der Waals surface area (Å²) in [5.74, 6) is 0.543. The molecule has 2 heterocycles. The number of benzene rings is 2. The Morgan fingerprint density at radius 3 is 2.73 bits per heavy atom. The van der Waals surface area contributed by atoms with Gasteiger partial charge in [-0.3, -0.25) is 14.9 Å². The molecular weight excluding hydrogens is 382 g/mol. The van der Waals surface area contributed by atoms with Crippen LogP contribution in [-0.2, 0) is 9.59 Å². The topological polar surface area (TPSA) is 98.1 Å². The zero-order valence-electron chi connectivity index (χ0n) is 17.1. The molecule has 0 fully saturated rings. The zero-order valence-corrected chi connectivity index (χ0v) is 17.1. The molecule has 3 aromatic rings. The fraction of sp³-hybridized carbons (Fsp3) is 0.273. The lowest BCUT2D eigenvalue weighted by molar-refractivity contribution is -0.118. The molecule has 0 saturated carbocycles. The molecule has 0 aliphatic carbocycles. The molecule has 8 nitrogen and oxygen atoms in total. The second-order valence-electron chi connectivity index (χ2n) is 7.44. The molecule has 0 spiro atoms. The average molecular weight is 405 g/mol. The van der Waals surface area contributed by atoms with Gasteiger partial charge in [0, 0.05) is 11.3 Å². The molecule has 0 bridgehead atoms. The second-order valence-corrected chi connectivity index (χ2v) is 7.44. The van der Waals surface area contributed by atoms with E-state index in [-0.39, 0.29) is 30.9 Å². The van der Waals surface area contributed by atoms with E-state index in [9.17, 15) is 9.59 Å². The molecule has 2 N–H and O–H groups in total. The number of para-hydroxylation sites is 1. The highest BCUT2D eigenvalue weighted by Crippen LogP contribution is 2.34. The van der Waals surface area contributed by atoms with E-state index in [4.69, 9.17) is 4.74 Å². The highest BCUT2D eigenvalue weighted by molar-refractivity contribution is 5.93. The first-order chi connectivity index (χ1) is 14.4. The Bertz CT molecular complexity index is 1100. The third-order valence-corrected chi connectivity index (χ3v) is 5.08. The van der Waals surface area contributed by atoms with Crippen molar-refractivity contribution in [2.75, 3.05) is 17.2 Å². The van der Waals surface area contributed by atoms with Crippen molar-refractivity contribution in [2.45, 2.75) is 33.2 Å². The van der Waals surface area contributed by atoms with Crippen LogP contribution in [0, 0.1) is 20.8 Å². The molecule has 30 heavy (non-hydrogen) atoms. The first kappa shape index (κ1) is 19.6. The number of fused-ring (bicyclic) bond motifs is 1. The van der Waals surface area contributed by atoms with E-state index in [2.05, 4.69) is 20.7 Å². The molecule has 2 aromatic carbocycles. The summed E-state index contributed by atoms with van der Waals surface area (Å²) in [5, 5.41) is 9.86. The molecule has 1 aliphatic heterocycles. The number of ether oxygens (including phenoxy) is 1. The van der Waals surface area contributed by atoms with Crippen molar-refractivity contribution in [3.05, 3.63) is 65.0 Å². The number of rotatable bonds is 5. The molecule has 1 atom stereocenters. The van der Waals surface area contributed by atoms with Crippen LogP contribution in [0.15, 0.2) is 42.7 Å². The quantitative estimate of drug-likeness (QED) is 0.680. The van der Waals surface area contributed by atoms with E-state index in [0.717, 1.165) is 27.9 Å². The first-order valence-corrected chi connectivity index (χ1v) is 9.71. The SMILES string of the molecule is Cc1cc(C)c(NC(=O)COc2ccccc2[C@H]2CC(=O)Nc3ncnn32)c(C)c1. The van der Waals surface area contributed by atoms with Crippen LogP contribution in [0.25, 0.3) is 0 Å². The Morgan fingerprint density at radius 1 is 1.23 bits per heavy atom. The van der Waals surface area contributed by atoms with E-state index in [1.54, 1.807) is 10.7 Å². The Labute approximate surface area is 174 Å². The van der Waals surface area contributed by atoms with E-state index < -0.39 is 0 Å². The Balaban J connectivity index is 1.51. The predicted octanol–water partition coefficient (Wildman–Crippen LogP) is 3.15. The number of hydrogen-bond donors (Lipinski definition) is 2. The van der Waals surface area contributed by atoms with Crippen LogP contribution >= 0.6 is 0 Å². The summed E-state index contributed by atoms with van der Waals surface area (Å²) in [7, 11) is 0. The maximum atomic E-state index is 12.5. The maximum absolute atomic E-state index is 12.5. The van der Waals surface area contributed by atoms with Crippen LogP contribution in [-0.4, -0.2) is 33.2 Å². The molecule has 4 rings (SSSR count). The molecule has 0 radical (unpaired) electrons. The number of aryl methyl sites for hydroxylation is 3. The fourth-order valence-corrected chi connectivity index (χ4v) is 3.83. The summed E-state index contributed by atoms with van der Waals surface area (Å²) in [6.07, 6.45) is 1.61. The molecular formula is C22H23N5O3. The number of anilines is 2. The smallest absolute Gasteiger partial charge is 0.262 e. The fourth-order valence-electron chi connectivity index (χ4n) is 3.83. The summed E-state index contributed by atoms with van der Waals surface area (Å²) in [4.78, 5) is 28.7. The number of aromatic nitrogens is 3. The van der Waals surface area contributed by atoms with Gasteiger partial charge in [-0.25, -0.2) is 4.68 Å². The maximum Gasteiger partial charge on any atom is 0.262 e. The van der Waals surface area contributed by atoms with Gasteiger partial charge in [0.15, 0.2) is 6.61 Å². The van der Waals surface area contributed by atoms with Gasteiger partial charge in [0.1, 0.15) is 12.1 Å². The number of hydrogen-bond acceptors (Lipinski definition) is 5. The number of carbonyl (C=O) groups excluding carboxylic acids is 2. The number of carbonyl (C=O) groups is 2. The molecule has 2 amide bonds. The predicted molar refractivity (Wildman–Crippen MR) is 113 cm³/mol. The Morgan fingerprint density at radius 2 is 1.97 bits per heavy atom. The summed E-state index contributed by atoms with van der Waals surface area (Å²) in [5.41, 5.74) is 4.74. The third-order valence-electron chi connectivity index (χ3n) is 5.08. The largest absolute Gasteiger partial charge is 0.483 e. The highest BCUT2D eigenvalue weighted by atomic mass is 16.5. The lowest BCUT2D eigenvalue weighted by Crippen LogP contribution is -2.29. The lowest BCUT2D eigenvalue weighted by atomic mass is 10.0. The van der Waals surface area contributed by atoms with Crippen molar-refractivity contribution in [2.24, 2.45) is 0 Å². The van der Waals surface area contributed by atoms with Gasteiger partial charge in [-0.15, -0.1) is 0 Å². The number of nitrogens with one attached hydrogen (secondary N) is 2. The molecule has 0 saturated heterocycles. The van der Waals surface area contributed by atoms with Crippen molar-refractivity contribution in [1.29, 1.82) is 0 Å². The standard InChI is InChI=1S/C22H23N5O3/c1-13-8-14(2)21(15(3)9-13)25-20(29)11-30-18-7-5-4-6-16(18)17-10-19(28)26-22-23-12-24-27(17)22/h4-9,12,17H,10-11H2,1-3H3,(H,25,29)(H,23,24,26,28)/t17-/m1/s1. The molecule has 154 valence electrons. The van der Waals surface area contributed by atoms with Gasteiger partial charge in [0.25, 0.3) is 5.91 Å². The van der Waals surface area contributed by atoms with Gasteiger partial charge >= 0.3 is 0 Å². The summed E-state index contributed by atoms with van der Waals surface area (Å²) >= 11 is 0. The number of amides is 2. The zero-order chi connectivity index (χ0) is 21.3. The van der Waals surface area contributed by atoms with Gasteiger partial charge in [-0.2, -0.15) is 10.1 Å². The van der Waals surface area contributed by atoms with Crippen LogP contribution in [0.1, 0.15) is 34.7 Å². The van der Waals surface area contributed by atoms with Crippen molar-refractivity contribution in [3.63, 3.8) is 0 Å². The van der Waals surface area contributed by atoms with Crippen molar-refractivity contribution in [1.82, 2.24) is 14.8 Å². The molecule has 0 unspecified atom stereocenters. The van der Waals surface area contributed by atoms with Crippen LogP contribution < -0.4 is 15.4 Å². The van der Waals surface area contributed by atoms with Gasteiger partial charge in [0.05, 0.1) is 12.5 Å². The Kier molecular flexibility index (Phi) is 5.22. The van der Waals surface area contributed by atoms with Gasteiger partial charge in [-0.1, -0.05) is 35.9 Å². The van der Waals surface area contributed by atoms with Crippen molar-refractivity contribution >= 4 is 23.5 Å². The third kappa shape index (κ3) is 3.89. The average Bonchev–Trinajstić information content (AvgIpc) is 3.17. The van der Waals surface area contributed by atoms with E-state index in [1.807, 2.05) is 51.1 Å². The Hall–Kier alpha value is -3.68. The molecule has 8 heteroatoms. The van der Waals surface area contributed by atoms with Crippen molar-refractivity contribution in [3.8, 4) is 5.75 Å². The monoisotopic (exact) mass is 405 g/mol. The second kappa shape index (κ2) is 7.98. The van der Waals surface area contributed by atoms with Gasteiger partial charge in [0.2, 0.25) is 11.9 Å². The minimum atomic E-state index is -0.350. The van der Waals surface area contributed by atoms with Crippen LogP contribution in [0.2, 0.25) is 0 Å². The summed E-state index contributed by atoms with van der Waals surface area (Å²) in [6.45, 7) is 5.82. The normalized spacial score (nSPS) is 15.3. The summed E-state index contributed by atoms with van der Waals surface area (Å²) in [6, 6.07) is 11.1. The van der Waals surface area contributed by atoms with Crippen molar-refractivity contribution < 1.29 is 14.3 Å². The van der Waals surface area contributed by atoms with E-state index in [1.165, 1.54) is 6.33 Å².